The number of nitrogen functional groups attached to an aromatic ring is 1. The van der Waals surface area contributed by atoms with Crippen molar-refractivity contribution < 1.29 is 9.90 Å². The highest BCUT2D eigenvalue weighted by atomic mass is 16.4. The van der Waals surface area contributed by atoms with E-state index >= 15 is 0 Å². The first-order valence-corrected chi connectivity index (χ1v) is 5.68. The van der Waals surface area contributed by atoms with E-state index in [0.29, 0.717) is 12.1 Å². The Morgan fingerprint density at radius 3 is 2.41 bits per heavy atom. The number of anilines is 1. The van der Waals surface area contributed by atoms with Crippen LogP contribution in [0, 0.1) is 5.41 Å². The predicted octanol–water partition coefficient (Wildman–Crippen LogP) is 2.95. The van der Waals surface area contributed by atoms with Crippen LogP contribution in [0.5, 0.6) is 0 Å². The van der Waals surface area contributed by atoms with Crippen LogP contribution in [-0.4, -0.2) is 16.1 Å². The third kappa shape index (κ3) is 12.4. The van der Waals surface area contributed by atoms with E-state index in [0.717, 1.165) is 12.8 Å². The highest BCUT2D eigenvalue weighted by Gasteiger charge is 2.09. The van der Waals surface area contributed by atoms with E-state index in [1.54, 1.807) is 24.5 Å². The summed E-state index contributed by atoms with van der Waals surface area (Å²) in [5.41, 5.74) is 6.28. The highest BCUT2D eigenvalue weighted by Crippen LogP contribution is 2.21. The van der Waals surface area contributed by atoms with Crippen LogP contribution in [0.4, 0.5) is 5.69 Å². The van der Waals surface area contributed by atoms with E-state index in [1.165, 1.54) is 0 Å². The lowest BCUT2D eigenvalue weighted by Gasteiger charge is -2.16. The number of aromatic nitrogens is 1. The molecule has 17 heavy (non-hydrogen) atoms. The average Bonchev–Trinajstić information content (AvgIpc) is 2.17. The quantitative estimate of drug-likeness (QED) is 0.848. The van der Waals surface area contributed by atoms with Gasteiger partial charge in [0.05, 0.1) is 5.69 Å². The molecule has 96 valence electrons. The Kier molecular flexibility index (Phi) is 6.94. The maximum absolute atomic E-state index is 10.1. The molecule has 1 aromatic rings. The van der Waals surface area contributed by atoms with Crippen LogP contribution in [0.2, 0.25) is 0 Å². The van der Waals surface area contributed by atoms with Crippen molar-refractivity contribution in [3.63, 3.8) is 0 Å². The fourth-order valence-corrected chi connectivity index (χ4v) is 1.15. The average molecular weight is 238 g/mol. The number of carbonyl (C=O) groups is 1. The molecule has 1 aromatic heterocycles. The molecular formula is C13H22N2O2. The van der Waals surface area contributed by atoms with E-state index in [9.17, 15) is 4.79 Å². The van der Waals surface area contributed by atoms with Crippen LogP contribution in [0.25, 0.3) is 0 Å². The molecule has 0 radical (unpaired) electrons. The normalized spacial score (nSPS) is 10.3. The van der Waals surface area contributed by atoms with Gasteiger partial charge < -0.3 is 10.8 Å². The van der Waals surface area contributed by atoms with Gasteiger partial charge in [0.15, 0.2) is 0 Å². The zero-order valence-corrected chi connectivity index (χ0v) is 10.8. The van der Waals surface area contributed by atoms with Crippen molar-refractivity contribution in [2.45, 2.75) is 40.0 Å². The smallest absolute Gasteiger partial charge is 0.303 e. The molecule has 0 saturated carbocycles. The molecular weight excluding hydrogens is 216 g/mol. The molecule has 0 aliphatic rings. The minimum Gasteiger partial charge on any atom is -0.481 e. The Bertz CT molecular complexity index is 318. The number of aliphatic carboxylic acids is 1. The molecule has 3 N–H and O–H groups in total. The SMILES string of the molecule is CC(C)(C)CCCC(=O)O.Nc1cccnc1. The topological polar surface area (TPSA) is 76.2 Å². The van der Waals surface area contributed by atoms with Crippen molar-refractivity contribution in [2.75, 3.05) is 5.73 Å². The Balaban J connectivity index is 0.000000318. The second kappa shape index (κ2) is 7.65. The van der Waals surface area contributed by atoms with Crippen molar-refractivity contribution in [3.05, 3.63) is 24.5 Å². The molecule has 0 atom stereocenters. The highest BCUT2D eigenvalue weighted by molar-refractivity contribution is 5.66. The summed E-state index contributed by atoms with van der Waals surface area (Å²) < 4.78 is 0. The second-order valence-electron chi connectivity index (χ2n) is 5.09. The summed E-state index contributed by atoms with van der Waals surface area (Å²) >= 11 is 0. The van der Waals surface area contributed by atoms with Crippen LogP contribution < -0.4 is 5.73 Å². The van der Waals surface area contributed by atoms with Crippen LogP contribution in [0.1, 0.15) is 40.0 Å². The maximum atomic E-state index is 10.1. The number of rotatable bonds is 3. The van der Waals surface area contributed by atoms with Gasteiger partial charge in [-0.3, -0.25) is 9.78 Å². The van der Waals surface area contributed by atoms with Gasteiger partial charge in [0.1, 0.15) is 0 Å². The lowest BCUT2D eigenvalue weighted by atomic mass is 9.90. The molecule has 0 bridgehead atoms. The number of hydrogen-bond acceptors (Lipinski definition) is 3. The van der Waals surface area contributed by atoms with Gasteiger partial charge in [-0.15, -0.1) is 0 Å². The van der Waals surface area contributed by atoms with Crippen LogP contribution in [-0.2, 0) is 4.79 Å². The minimum atomic E-state index is -0.691. The summed E-state index contributed by atoms with van der Waals surface area (Å²) in [4.78, 5) is 13.8. The number of hydrogen-bond donors (Lipinski definition) is 2. The predicted molar refractivity (Wildman–Crippen MR) is 69.6 cm³/mol. The molecule has 1 heterocycles. The molecule has 4 nitrogen and oxygen atoms in total. The first-order chi connectivity index (χ1) is 7.81. The van der Waals surface area contributed by atoms with Gasteiger partial charge in [-0.25, -0.2) is 0 Å². The van der Waals surface area contributed by atoms with E-state index in [1.807, 2.05) is 0 Å². The minimum absolute atomic E-state index is 0.273. The van der Waals surface area contributed by atoms with Crippen molar-refractivity contribution >= 4 is 11.7 Å². The van der Waals surface area contributed by atoms with Gasteiger partial charge in [-0.05, 0) is 30.4 Å². The summed E-state index contributed by atoms with van der Waals surface area (Å²) in [5, 5.41) is 8.31. The third-order valence-electron chi connectivity index (χ3n) is 2.00. The molecule has 0 amide bonds. The maximum Gasteiger partial charge on any atom is 0.303 e. The van der Waals surface area contributed by atoms with Gasteiger partial charge in [-0.1, -0.05) is 20.8 Å². The van der Waals surface area contributed by atoms with Gasteiger partial charge >= 0.3 is 5.97 Å². The molecule has 0 fully saturated rings. The second-order valence-corrected chi connectivity index (χ2v) is 5.09. The third-order valence-corrected chi connectivity index (χ3v) is 2.00. The Hall–Kier alpha value is -1.58. The van der Waals surface area contributed by atoms with E-state index in [2.05, 4.69) is 25.8 Å². The lowest BCUT2D eigenvalue weighted by Crippen LogP contribution is -2.05. The molecule has 0 aliphatic heterocycles. The first-order valence-electron chi connectivity index (χ1n) is 5.68. The molecule has 0 aliphatic carbocycles. The Morgan fingerprint density at radius 2 is 2.12 bits per heavy atom. The van der Waals surface area contributed by atoms with E-state index in [-0.39, 0.29) is 5.41 Å². The summed E-state index contributed by atoms with van der Waals surface area (Å²) in [6.45, 7) is 6.36. The molecule has 4 heteroatoms. The molecule has 0 saturated heterocycles. The van der Waals surface area contributed by atoms with Gasteiger partial charge in [0.25, 0.3) is 0 Å². The van der Waals surface area contributed by atoms with Crippen LogP contribution in [0.15, 0.2) is 24.5 Å². The summed E-state index contributed by atoms with van der Waals surface area (Å²) in [7, 11) is 0. The van der Waals surface area contributed by atoms with E-state index in [4.69, 9.17) is 10.8 Å². The fraction of sp³-hybridized carbons (Fsp3) is 0.538. The number of carboxylic acids is 1. The first kappa shape index (κ1) is 15.4. The van der Waals surface area contributed by atoms with Crippen molar-refractivity contribution in [1.29, 1.82) is 0 Å². The Labute approximate surface area is 103 Å². The largest absolute Gasteiger partial charge is 0.481 e. The van der Waals surface area contributed by atoms with Crippen LogP contribution >= 0.6 is 0 Å². The molecule has 0 aromatic carbocycles. The number of carboxylic acid groups (broad SMARTS) is 1. The van der Waals surface area contributed by atoms with Crippen LogP contribution in [0.3, 0.4) is 0 Å². The number of nitrogens with two attached hydrogens (primary N) is 1. The van der Waals surface area contributed by atoms with Gasteiger partial charge in [0.2, 0.25) is 0 Å². The molecule has 1 rings (SSSR count). The van der Waals surface area contributed by atoms with E-state index < -0.39 is 5.97 Å². The monoisotopic (exact) mass is 238 g/mol. The van der Waals surface area contributed by atoms with Crippen molar-refractivity contribution in [2.24, 2.45) is 5.41 Å². The zero-order valence-electron chi connectivity index (χ0n) is 10.8. The van der Waals surface area contributed by atoms with Crippen molar-refractivity contribution in [3.8, 4) is 0 Å². The Morgan fingerprint density at radius 1 is 1.47 bits per heavy atom. The fourth-order valence-electron chi connectivity index (χ4n) is 1.15. The number of nitrogens with zero attached hydrogens (tertiary/aromatic N) is 1. The molecule has 0 unspecified atom stereocenters. The van der Waals surface area contributed by atoms with Gasteiger partial charge in [0, 0.05) is 18.8 Å². The zero-order chi connectivity index (χ0) is 13.3. The van der Waals surface area contributed by atoms with Crippen molar-refractivity contribution in [1.82, 2.24) is 4.98 Å². The summed E-state index contributed by atoms with van der Waals surface area (Å²) in [6, 6.07) is 3.60. The molecule has 0 spiro atoms. The lowest BCUT2D eigenvalue weighted by molar-refractivity contribution is -0.137. The number of pyridine rings is 1. The van der Waals surface area contributed by atoms with Gasteiger partial charge in [-0.2, -0.15) is 0 Å². The standard InChI is InChI=1S/C8H16O2.C5H6N2/c1-8(2,3)6-4-5-7(9)10;6-5-2-1-3-7-4-5/h4-6H2,1-3H3,(H,9,10);1-4H,6H2. The summed E-state index contributed by atoms with van der Waals surface area (Å²) in [6.07, 6.45) is 5.38. The summed E-state index contributed by atoms with van der Waals surface area (Å²) in [5.74, 6) is -0.691.